The van der Waals surface area contributed by atoms with Gasteiger partial charge in [0, 0.05) is 24.1 Å². The van der Waals surface area contributed by atoms with Gasteiger partial charge in [0.1, 0.15) is 12.0 Å². The molecular weight excluding hydrogens is 310 g/mol. The molecule has 2 aromatic rings. The van der Waals surface area contributed by atoms with Crippen molar-refractivity contribution >= 4 is 27.4 Å². The van der Waals surface area contributed by atoms with E-state index in [1.807, 2.05) is 36.2 Å². The zero-order chi connectivity index (χ0) is 13.8. The summed E-state index contributed by atoms with van der Waals surface area (Å²) in [4.78, 5) is 16.1. The highest BCUT2D eigenvalue weighted by atomic mass is 79.9. The van der Waals surface area contributed by atoms with Gasteiger partial charge in [-0.3, -0.25) is 10.1 Å². The van der Waals surface area contributed by atoms with Gasteiger partial charge >= 0.3 is 0 Å². The largest absolute Gasteiger partial charge is 0.355 e. The van der Waals surface area contributed by atoms with Gasteiger partial charge in [-0.25, -0.2) is 4.98 Å². The molecule has 0 bridgehead atoms. The quantitative estimate of drug-likeness (QED) is 0.639. The molecule has 1 heterocycles. The van der Waals surface area contributed by atoms with Crippen molar-refractivity contribution in [2.75, 3.05) is 11.9 Å². The third-order valence-corrected chi connectivity index (χ3v) is 3.20. The van der Waals surface area contributed by atoms with Crippen molar-refractivity contribution < 1.29 is 4.92 Å². The molecule has 1 aromatic carbocycles. The fraction of sp³-hybridized carbons (Fsp3) is 0.154. The third-order valence-electron chi connectivity index (χ3n) is 2.67. The maximum atomic E-state index is 10.6. The van der Waals surface area contributed by atoms with Gasteiger partial charge in [0.25, 0.3) is 5.69 Å². The molecule has 0 saturated carbocycles. The van der Waals surface area contributed by atoms with E-state index in [9.17, 15) is 10.1 Å². The molecule has 0 saturated heterocycles. The number of halogens is 1. The fourth-order valence-electron chi connectivity index (χ4n) is 1.66. The van der Waals surface area contributed by atoms with Crippen molar-refractivity contribution in [3.63, 3.8) is 0 Å². The lowest BCUT2D eigenvalue weighted by Crippen LogP contribution is -2.17. The van der Waals surface area contributed by atoms with Crippen molar-refractivity contribution in [3.8, 4) is 0 Å². The van der Waals surface area contributed by atoms with Gasteiger partial charge in [-0.15, -0.1) is 0 Å². The van der Waals surface area contributed by atoms with Gasteiger partial charge in [-0.2, -0.15) is 0 Å². The normalized spacial score (nSPS) is 10.2. The summed E-state index contributed by atoms with van der Waals surface area (Å²) in [6.07, 6.45) is 1.27. The Balaban J connectivity index is 2.09. The Kier molecular flexibility index (Phi) is 4.11. The van der Waals surface area contributed by atoms with Crippen molar-refractivity contribution in [3.05, 3.63) is 62.7 Å². The van der Waals surface area contributed by atoms with E-state index in [0.717, 1.165) is 10.0 Å². The van der Waals surface area contributed by atoms with Gasteiger partial charge in [-0.1, -0.05) is 28.1 Å². The molecule has 6 heteroatoms. The first-order valence-electron chi connectivity index (χ1n) is 5.62. The van der Waals surface area contributed by atoms with Gasteiger partial charge < -0.3 is 4.90 Å². The second-order valence-electron chi connectivity index (χ2n) is 4.11. The number of benzene rings is 1. The van der Waals surface area contributed by atoms with Crippen molar-refractivity contribution in [1.82, 2.24) is 4.98 Å². The number of nitro groups is 1. The minimum absolute atomic E-state index is 0.000733. The Morgan fingerprint density at radius 3 is 2.47 bits per heavy atom. The molecule has 2 rings (SSSR count). The maximum Gasteiger partial charge on any atom is 0.287 e. The number of pyridine rings is 1. The molecule has 98 valence electrons. The van der Waals surface area contributed by atoms with Crippen LogP contribution in [0.3, 0.4) is 0 Å². The highest BCUT2D eigenvalue weighted by Gasteiger charge is 2.08. The second kappa shape index (κ2) is 5.79. The van der Waals surface area contributed by atoms with Crippen LogP contribution in [0.5, 0.6) is 0 Å². The van der Waals surface area contributed by atoms with Crippen LogP contribution in [0.1, 0.15) is 5.56 Å². The molecule has 0 aliphatic heterocycles. The van der Waals surface area contributed by atoms with Crippen LogP contribution in [0.2, 0.25) is 0 Å². The number of hydrogen-bond acceptors (Lipinski definition) is 4. The van der Waals surface area contributed by atoms with Gasteiger partial charge in [0.15, 0.2) is 0 Å². The van der Waals surface area contributed by atoms with Crippen molar-refractivity contribution in [2.24, 2.45) is 0 Å². The Morgan fingerprint density at radius 2 is 1.95 bits per heavy atom. The summed E-state index contributed by atoms with van der Waals surface area (Å²) in [6.45, 7) is 0.693. The van der Waals surface area contributed by atoms with Crippen LogP contribution < -0.4 is 4.90 Å². The molecule has 0 aliphatic rings. The van der Waals surface area contributed by atoms with E-state index in [-0.39, 0.29) is 5.69 Å². The van der Waals surface area contributed by atoms with Crippen molar-refractivity contribution in [2.45, 2.75) is 6.54 Å². The van der Waals surface area contributed by atoms with E-state index in [0.29, 0.717) is 12.4 Å². The fourth-order valence-corrected chi connectivity index (χ4v) is 1.92. The standard InChI is InChI=1S/C13H12BrN3O2/c1-16(9-10-2-4-11(14)5-3-10)13-7-6-12(8-15-13)17(18)19/h2-8H,9H2,1H3. The topological polar surface area (TPSA) is 59.3 Å². The molecule has 0 spiro atoms. The number of hydrogen-bond donors (Lipinski definition) is 0. The van der Waals surface area contributed by atoms with Gasteiger partial charge in [0.05, 0.1) is 4.92 Å². The summed E-state index contributed by atoms with van der Waals surface area (Å²) in [5.41, 5.74) is 1.15. The summed E-state index contributed by atoms with van der Waals surface area (Å²) in [6, 6.07) is 11.1. The van der Waals surface area contributed by atoms with E-state index in [1.165, 1.54) is 12.3 Å². The minimum Gasteiger partial charge on any atom is -0.355 e. The molecule has 1 aromatic heterocycles. The molecule has 0 unspecified atom stereocenters. The molecule has 0 amide bonds. The molecule has 19 heavy (non-hydrogen) atoms. The first-order valence-corrected chi connectivity index (χ1v) is 6.41. The maximum absolute atomic E-state index is 10.6. The molecule has 0 atom stereocenters. The lowest BCUT2D eigenvalue weighted by molar-refractivity contribution is -0.385. The number of nitrogens with zero attached hydrogens (tertiary/aromatic N) is 3. The lowest BCUT2D eigenvalue weighted by atomic mass is 10.2. The van der Waals surface area contributed by atoms with E-state index in [1.54, 1.807) is 6.07 Å². The molecule has 0 radical (unpaired) electrons. The van der Waals surface area contributed by atoms with Crippen LogP contribution in [-0.2, 0) is 6.54 Å². The van der Waals surface area contributed by atoms with Crippen LogP contribution in [0.15, 0.2) is 47.1 Å². The minimum atomic E-state index is -0.453. The highest BCUT2D eigenvalue weighted by molar-refractivity contribution is 9.10. The van der Waals surface area contributed by atoms with Crippen LogP contribution >= 0.6 is 15.9 Å². The van der Waals surface area contributed by atoms with E-state index >= 15 is 0 Å². The van der Waals surface area contributed by atoms with E-state index in [2.05, 4.69) is 20.9 Å². The SMILES string of the molecule is CN(Cc1ccc(Br)cc1)c1ccc([N+](=O)[O-])cn1. The van der Waals surface area contributed by atoms with Crippen LogP contribution in [0, 0.1) is 10.1 Å². The smallest absolute Gasteiger partial charge is 0.287 e. The Bertz CT molecular complexity index is 569. The summed E-state index contributed by atoms with van der Waals surface area (Å²) < 4.78 is 1.03. The molecular formula is C13H12BrN3O2. The Labute approximate surface area is 119 Å². The molecule has 0 fully saturated rings. The van der Waals surface area contributed by atoms with E-state index < -0.39 is 4.92 Å². The zero-order valence-electron chi connectivity index (χ0n) is 10.3. The van der Waals surface area contributed by atoms with E-state index in [4.69, 9.17) is 0 Å². The van der Waals surface area contributed by atoms with Crippen LogP contribution in [-0.4, -0.2) is 17.0 Å². The average Bonchev–Trinajstić information content (AvgIpc) is 2.41. The zero-order valence-corrected chi connectivity index (χ0v) is 11.9. The number of anilines is 1. The summed E-state index contributed by atoms with van der Waals surface area (Å²) in [5, 5.41) is 10.6. The number of aromatic nitrogens is 1. The summed E-state index contributed by atoms with van der Waals surface area (Å²) in [7, 11) is 1.90. The second-order valence-corrected chi connectivity index (χ2v) is 5.03. The Morgan fingerprint density at radius 1 is 1.26 bits per heavy atom. The predicted molar refractivity (Wildman–Crippen MR) is 77.1 cm³/mol. The van der Waals surface area contributed by atoms with Crippen molar-refractivity contribution in [1.29, 1.82) is 0 Å². The Hall–Kier alpha value is -1.95. The number of rotatable bonds is 4. The predicted octanol–water partition coefficient (Wildman–Crippen LogP) is 3.39. The first-order chi connectivity index (χ1) is 9.06. The van der Waals surface area contributed by atoms with Crippen LogP contribution in [0.25, 0.3) is 0 Å². The first kappa shape index (κ1) is 13.5. The lowest BCUT2D eigenvalue weighted by Gasteiger charge is -2.17. The molecule has 5 nitrogen and oxygen atoms in total. The van der Waals surface area contributed by atoms with Gasteiger partial charge in [0.2, 0.25) is 0 Å². The van der Waals surface area contributed by atoms with Crippen LogP contribution in [0.4, 0.5) is 11.5 Å². The summed E-state index contributed by atoms with van der Waals surface area (Å²) >= 11 is 3.39. The summed E-state index contributed by atoms with van der Waals surface area (Å²) in [5.74, 6) is 0.702. The average molecular weight is 322 g/mol. The van der Waals surface area contributed by atoms with Gasteiger partial charge in [-0.05, 0) is 23.8 Å². The molecule has 0 aliphatic carbocycles. The molecule has 0 N–H and O–H groups in total. The monoisotopic (exact) mass is 321 g/mol. The highest BCUT2D eigenvalue weighted by Crippen LogP contribution is 2.17. The third kappa shape index (κ3) is 3.51.